The van der Waals surface area contributed by atoms with Crippen molar-refractivity contribution in [2.75, 3.05) is 29.5 Å². The minimum Gasteiger partial charge on any atom is -0.356 e. The molecule has 0 radical (unpaired) electrons. The monoisotopic (exact) mass is 243 g/mol. The Morgan fingerprint density at radius 3 is 3.00 bits per heavy atom. The van der Waals surface area contributed by atoms with Crippen LogP contribution in [0.1, 0.15) is 12.1 Å². The van der Waals surface area contributed by atoms with Crippen molar-refractivity contribution in [2.24, 2.45) is 0 Å². The minimum atomic E-state index is 0.349. The lowest BCUT2D eigenvalue weighted by Gasteiger charge is -2.21. The van der Waals surface area contributed by atoms with Gasteiger partial charge < -0.3 is 4.90 Å². The SMILES string of the molecule is Cc1cc(N2CCCSCC2)nc(Cl)n1. The number of anilines is 1. The van der Waals surface area contributed by atoms with Gasteiger partial charge in [0.2, 0.25) is 5.28 Å². The lowest BCUT2D eigenvalue weighted by Crippen LogP contribution is -2.26. The highest BCUT2D eigenvalue weighted by Crippen LogP contribution is 2.18. The Morgan fingerprint density at radius 2 is 2.20 bits per heavy atom. The molecule has 1 saturated heterocycles. The highest BCUT2D eigenvalue weighted by Gasteiger charge is 2.12. The number of nitrogens with zero attached hydrogens (tertiary/aromatic N) is 3. The summed E-state index contributed by atoms with van der Waals surface area (Å²) in [7, 11) is 0. The first kappa shape index (κ1) is 11.0. The van der Waals surface area contributed by atoms with Gasteiger partial charge >= 0.3 is 0 Å². The number of rotatable bonds is 1. The van der Waals surface area contributed by atoms with E-state index in [1.54, 1.807) is 0 Å². The van der Waals surface area contributed by atoms with E-state index in [4.69, 9.17) is 11.6 Å². The zero-order valence-corrected chi connectivity index (χ0v) is 10.3. The maximum Gasteiger partial charge on any atom is 0.224 e. The summed E-state index contributed by atoms with van der Waals surface area (Å²) in [5.41, 5.74) is 0.932. The second-order valence-electron chi connectivity index (χ2n) is 3.59. The molecule has 1 aliphatic heterocycles. The zero-order valence-electron chi connectivity index (χ0n) is 8.74. The predicted octanol–water partition coefficient (Wildman–Crippen LogP) is 2.38. The van der Waals surface area contributed by atoms with Crippen molar-refractivity contribution in [3.63, 3.8) is 0 Å². The molecular formula is C10H14ClN3S. The molecule has 1 aromatic rings. The van der Waals surface area contributed by atoms with Gasteiger partial charge in [-0.25, -0.2) is 9.97 Å². The van der Waals surface area contributed by atoms with Gasteiger partial charge in [-0.15, -0.1) is 0 Å². The molecule has 2 heterocycles. The summed E-state index contributed by atoms with van der Waals surface area (Å²) >= 11 is 7.86. The highest BCUT2D eigenvalue weighted by atomic mass is 35.5. The number of aromatic nitrogens is 2. The van der Waals surface area contributed by atoms with Crippen LogP contribution in [-0.2, 0) is 0 Å². The fourth-order valence-electron chi connectivity index (χ4n) is 1.65. The van der Waals surface area contributed by atoms with Crippen molar-refractivity contribution in [3.05, 3.63) is 17.0 Å². The molecule has 1 fully saturated rings. The number of aryl methyl sites for hydroxylation is 1. The molecule has 3 nitrogen and oxygen atoms in total. The number of hydrogen-bond acceptors (Lipinski definition) is 4. The van der Waals surface area contributed by atoms with Crippen molar-refractivity contribution in [1.29, 1.82) is 0 Å². The van der Waals surface area contributed by atoms with Gasteiger partial charge in [0.1, 0.15) is 5.82 Å². The molecule has 0 N–H and O–H groups in total. The van der Waals surface area contributed by atoms with E-state index in [0.29, 0.717) is 5.28 Å². The third kappa shape index (κ3) is 2.98. The molecule has 0 aromatic carbocycles. The summed E-state index contributed by atoms with van der Waals surface area (Å²) in [5.74, 6) is 3.38. The average Bonchev–Trinajstić information content (AvgIpc) is 2.43. The van der Waals surface area contributed by atoms with E-state index in [0.717, 1.165) is 24.6 Å². The smallest absolute Gasteiger partial charge is 0.224 e. The lowest BCUT2D eigenvalue weighted by atomic mass is 10.3. The second kappa shape index (κ2) is 5.03. The summed E-state index contributed by atoms with van der Waals surface area (Å²) in [6.07, 6.45) is 1.21. The number of thioether (sulfide) groups is 1. The summed E-state index contributed by atoms with van der Waals surface area (Å²) in [6, 6.07) is 2.00. The van der Waals surface area contributed by atoms with E-state index in [1.807, 2.05) is 24.8 Å². The topological polar surface area (TPSA) is 29.0 Å². The van der Waals surface area contributed by atoms with E-state index in [-0.39, 0.29) is 0 Å². The molecule has 0 aliphatic carbocycles. The molecule has 1 aromatic heterocycles. The number of hydrogen-bond donors (Lipinski definition) is 0. The molecule has 5 heteroatoms. The lowest BCUT2D eigenvalue weighted by molar-refractivity contribution is 0.797. The maximum absolute atomic E-state index is 5.86. The Kier molecular flexibility index (Phi) is 3.70. The van der Waals surface area contributed by atoms with Gasteiger partial charge in [-0.1, -0.05) is 0 Å². The van der Waals surface area contributed by atoms with E-state index in [9.17, 15) is 0 Å². The van der Waals surface area contributed by atoms with Gasteiger partial charge in [0.15, 0.2) is 0 Å². The minimum absolute atomic E-state index is 0.349. The van der Waals surface area contributed by atoms with Crippen molar-refractivity contribution in [2.45, 2.75) is 13.3 Å². The first-order valence-corrected chi connectivity index (χ1v) is 6.63. The van der Waals surface area contributed by atoms with Gasteiger partial charge in [-0.05, 0) is 30.7 Å². The molecule has 82 valence electrons. The molecule has 0 amide bonds. The molecule has 0 saturated carbocycles. The zero-order chi connectivity index (χ0) is 10.7. The van der Waals surface area contributed by atoms with Crippen LogP contribution in [0, 0.1) is 6.92 Å². The Hall–Kier alpha value is -0.480. The Bertz CT molecular complexity index is 317. The van der Waals surface area contributed by atoms with Gasteiger partial charge in [0.25, 0.3) is 0 Å². The van der Waals surface area contributed by atoms with Crippen LogP contribution in [0.3, 0.4) is 0 Å². The maximum atomic E-state index is 5.86. The Morgan fingerprint density at radius 1 is 1.33 bits per heavy atom. The summed E-state index contributed by atoms with van der Waals surface area (Å²) < 4.78 is 0. The van der Waals surface area contributed by atoms with Crippen LogP contribution in [0.2, 0.25) is 5.28 Å². The van der Waals surface area contributed by atoms with Crippen molar-refractivity contribution in [1.82, 2.24) is 9.97 Å². The second-order valence-corrected chi connectivity index (χ2v) is 5.15. The average molecular weight is 244 g/mol. The van der Waals surface area contributed by atoms with E-state index in [1.165, 1.54) is 17.9 Å². The van der Waals surface area contributed by atoms with Crippen LogP contribution in [0.15, 0.2) is 6.07 Å². The van der Waals surface area contributed by atoms with Crippen LogP contribution in [0.25, 0.3) is 0 Å². The molecule has 2 rings (SSSR count). The summed E-state index contributed by atoms with van der Waals surface area (Å²) in [4.78, 5) is 10.6. The quantitative estimate of drug-likeness (QED) is 0.709. The van der Waals surface area contributed by atoms with Crippen molar-refractivity contribution < 1.29 is 0 Å². The fraction of sp³-hybridized carbons (Fsp3) is 0.600. The molecular weight excluding hydrogens is 230 g/mol. The standard InChI is InChI=1S/C10H14ClN3S/c1-8-7-9(13-10(11)12-8)14-3-2-5-15-6-4-14/h7H,2-6H2,1H3. The first-order valence-electron chi connectivity index (χ1n) is 5.09. The summed E-state index contributed by atoms with van der Waals surface area (Å²) in [6.45, 7) is 4.07. The van der Waals surface area contributed by atoms with Gasteiger partial charge in [-0.2, -0.15) is 11.8 Å². The molecule has 15 heavy (non-hydrogen) atoms. The van der Waals surface area contributed by atoms with Crippen LogP contribution in [0.4, 0.5) is 5.82 Å². The van der Waals surface area contributed by atoms with Gasteiger partial charge in [0.05, 0.1) is 0 Å². The number of halogens is 1. The third-order valence-corrected chi connectivity index (χ3v) is 3.58. The van der Waals surface area contributed by atoms with E-state index < -0.39 is 0 Å². The molecule has 1 aliphatic rings. The fourth-order valence-corrected chi connectivity index (χ4v) is 2.76. The van der Waals surface area contributed by atoms with Crippen LogP contribution in [-0.4, -0.2) is 34.6 Å². The van der Waals surface area contributed by atoms with Gasteiger partial charge in [-0.3, -0.25) is 0 Å². The molecule has 0 unspecified atom stereocenters. The molecule has 0 atom stereocenters. The largest absolute Gasteiger partial charge is 0.356 e. The van der Waals surface area contributed by atoms with Crippen LogP contribution in [0.5, 0.6) is 0 Å². The first-order chi connectivity index (χ1) is 7.25. The van der Waals surface area contributed by atoms with Crippen LogP contribution >= 0.6 is 23.4 Å². The van der Waals surface area contributed by atoms with Crippen molar-refractivity contribution in [3.8, 4) is 0 Å². The molecule has 0 bridgehead atoms. The Labute approximate surface area is 99.2 Å². The third-order valence-electron chi connectivity index (χ3n) is 2.36. The van der Waals surface area contributed by atoms with Gasteiger partial charge in [0, 0.05) is 30.6 Å². The summed E-state index contributed by atoms with van der Waals surface area (Å²) in [5, 5.41) is 0.349. The van der Waals surface area contributed by atoms with Crippen LogP contribution < -0.4 is 4.90 Å². The van der Waals surface area contributed by atoms with E-state index >= 15 is 0 Å². The highest BCUT2D eigenvalue weighted by molar-refractivity contribution is 7.99. The predicted molar refractivity (Wildman–Crippen MR) is 65.9 cm³/mol. The van der Waals surface area contributed by atoms with E-state index in [2.05, 4.69) is 14.9 Å². The van der Waals surface area contributed by atoms with Crippen molar-refractivity contribution >= 4 is 29.2 Å². The molecule has 0 spiro atoms. The normalized spacial score (nSPS) is 17.6. The Balaban J connectivity index is 2.19.